The first-order valence-electron chi connectivity index (χ1n) is 6.17. The van der Waals surface area contributed by atoms with Gasteiger partial charge in [-0.25, -0.2) is 9.67 Å². The van der Waals surface area contributed by atoms with Crippen molar-refractivity contribution < 1.29 is 4.79 Å². The molecule has 0 radical (unpaired) electrons. The summed E-state index contributed by atoms with van der Waals surface area (Å²) in [5.74, 6) is -0.287. The summed E-state index contributed by atoms with van der Waals surface area (Å²) in [5, 5.41) is 8.15. The van der Waals surface area contributed by atoms with E-state index in [1.54, 1.807) is 35.3 Å². The number of aromatic nitrogens is 3. The number of benzene rings is 1. The third kappa shape index (κ3) is 3.12. The monoisotopic (exact) mass is 318 g/mol. The number of halogens is 1. The standard InChI is InChI=1S/C14H11ClN4OS/c1-9-8-16-14(21-9)17-13(20)12-5-6-19(18-12)11-4-2-3-10(15)7-11/h2-8H,1H3,(H,16,17,20). The lowest BCUT2D eigenvalue weighted by molar-refractivity contribution is 0.102. The molecule has 0 spiro atoms. The summed E-state index contributed by atoms with van der Waals surface area (Å²) in [7, 11) is 0. The summed E-state index contributed by atoms with van der Waals surface area (Å²) in [6.07, 6.45) is 3.43. The number of nitrogens with one attached hydrogen (secondary N) is 1. The molecule has 1 amide bonds. The Morgan fingerprint density at radius 1 is 1.38 bits per heavy atom. The maximum atomic E-state index is 12.1. The smallest absolute Gasteiger partial charge is 0.277 e. The maximum Gasteiger partial charge on any atom is 0.277 e. The van der Waals surface area contributed by atoms with E-state index in [4.69, 9.17) is 11.6 Å². The lowest BCUT2D eigenvalue weighted by atomic mass is 10.3. The molecule has 21 heavy (non-hydrogen) atoms. The molecule has 5 nitrogen and oxygen atoms in total. The Kier molecular flexibility index (Phi) is 3.72. The number of aryl methyl sites for hydroxylation is 1. The zero-order valence-corrected chi connectivity index (χ0v) is 12.6. The van der Waals surface area contributed by atoms with Crippen LogP contribution in [0.3, 0.4) is 0 Å². The number of anilines is 1. The van der Waals surface area contributed by atoms with Gasteiger partial charge >= 0.3 is 0 Å². The van der Waals surface area contributed by atoms with Crippen LogP contribution in [0.15, 0.2) is 42.7 Å². The molecule has 0 saturated heterocycles. The largest absolute Gasteiger partial charge is 0.296 e. The Morgan fingerprint density at radius 3 is 2.95 bits per heavy atom. The fourth-order valence-electron chi connectivity index (χ4n) is 1.78. The normalized spacial score (nSPS) is 10.6. The lowest BCUT2D eigenvalue weighted by Crippen LogP contribution is -2.12. The number of hydrogen-bond donors (Lipinski definition) is 1. The highest BCUT2D eigenvalue weighted by molar-refractivity contribution is 7.15. The molecule has 1 N–H and O–H groups in total. The SMILES string of the molecule is Cc1cnc(NC(=O)c2ccn(-c3cccc(Cl)c3)n2)s1. The quantitative estimate of drug-likeness (QED) is 0.803. The van der Waals surface area contributed by atoms with E-state index in [9.17, 15) is 4.79 Å². The summed E-state index contributed by atoms with van der Waals surface area (Å²) in [6.45, 7) is 1.93. The molecule has 0 fully saturated rings. The highest BCUT2D eigenvalue weighted by atomic mass is 35.5. The van der Waals surface area contributed by atoms with Crippen molar-refractivity contribution in [2.45, 2.75) is 6.92 Å². The van der Waals surface area contributed by atoms with Gasteiger partial charge in [-0.3, -0.25) is 10.1 Å². The van der Waals surface area contributed by atoms with Crippen molar-refractivity contribution in [1.29, 1.82) is 0 Å². The number of rotatable bonds is 3. The van der Waals surface area contributed by atoms with E-state index in [1.165, 1.54) is 11.3 Å². The minimum absolute atomic E-state index is 0.287. The minimum Gasteiger partial charge on any atom is -0.296 e. The molecule has 7 heteroatoms. The van der Waals surface area contributed by atoms with Crippen LogP contribution in [-0.4, -0.2) is 20.7 Å². The molecule has 0 aliphatic rings. The molecule has 0 aliphatic heterocycles. The van der Waals surface area contributed by atoms with Gasteiger partial charge < -0.3 is 0 Å². The van der Waals surface area contributed by atoms with E-state index in [-0.39, 0.29) is 5.91 Å². The summed E-state index contributed by atoms with van der Waals surface area (Å²) in [6, 6.07) is 8.91. The van der Waals surface area contributed by atoms with E-state index in [1.807, 2.05) is 19.1 Å². The van der Waals surface area contributed by atoms with Gasteiger partial charge in [0.05, 0.1) is 5.69 Å². The topological polar surface area (TPSA) is 59.8 Å². The molecule has 0 aliphatic carbocycles. The van der Waals surface area contributed by atoms with Gasteiger partial charge in [0.1, 0.15) is 0 Å². The van der Waals surface area contributed by atoms with Gasteiger partial charge in [0, 0.05) is 22.3 Å². The van der Waals surface area contributed by atoms with Crippen LogP contribution in [0, 0.1) is 6.92 Å². The van der Waals surface area contributed by atoms with E-state index < -0.39 is 0 Å². The van der Waals surface area contributed by atoms with Crippen molar-refractivity contribution >= 4 is 34.0 Å². The van der Waals surface area contributed by atoms with E-state index in [0.29, 0.717) is 15.8 Å². The molecular formula is C14H11ClN4OS. The number of amides is 1. The Labute approximate surface area is 130 Å². The predicted octanol–water partition coefficient (Wildman–Crippen LogP) is 3.54. The molecule has 0 bridgehead atoms. The van der Waals surface area contributed by atoms with Crippen molar-refractivity contribution in [3.8, 4) is 5.69 Å². The summed E-state index contributed by atoms with van der Waals surface area (Å²) >= 11 is 7.37. The second-order valence-electron chi connectivity index (χ2n) is 4.36. The summed E-state index contributed by atoms with van der Waals surface area (Å²) < 4.78 is 1.61. The first-order valence-corrected chi connectivity index (χ1v) is 7.37. The molecular weight excluding hydrogens is 308 g/mol. The van der Waals surface area contributed by atoms with Gasteiger partial charge in [0.2, 0.25) is 0 Å². The maximum absolute atomic E-state index is 12.1. The first kappa shape index (κ1) is 13.8. The average molecular weight is 319 g/mol. The zero-order valence-electron chi connectivity index (χ0n) is 11.1. The average Bonchev–Trinajstić information content (AvgIpc) is 3.08. The van der Waals surface area contributed by atoms with Gasteiger partial charge in [0.25, 0.3) is 5.91 Å². The van der Waals surface area contributed by atoms with Crippen molar-refractivity contribution in [2.24, 2.45) is 0 Å². The van der Waals surface area contributed by atoms with Crippen LogP contribution < -0.4 is 5.32 Å². The molecule has 0 saturated carbocycles. The Bertz CT molecular complexity index is 796. The summed E-state index contributed by atoms with van der Waals surface area (Å²) in [4.78, 5) is 17.2. The van der Waals surface area contributed by atoms with Gasteiger partial charge in [-0.15, -0.1) is 11.3 Å². The van der Waals surface area contributed by atoms with Crippen LogP contribution in [0.2, 0.25) is 5.02 Å². The van der Waals surface area contributed by atoms with Gasteiger partial charge in [-0.05, 0) is 31.2 Å². The Hall–Kier alpha value is -2.18. The second-order valence-corrected chi connectivity index (χ2v) is 6.03. The molecule has 0 atom stereocenters. The van der Waals surface area contributed by atoms with Gasteiger partial charge in [0.15, 0.2) is 10.8 Å². The van der Waals surface area contributed by atoms with Crippen molar-refractivity contribution in [3.05, 3.63) is 58.3 Å². The van der Waals surface area contributed by atoms with E-state index in [0.717, 1.165) is 10.6 Å². The molecule has 106 valence electrons. The van der Waals surface area contributed by atoms with Crippen LogP contribution in [0.4, 0.5) is 5.13 Å². The van der Waals surface area contributed by atoms with Crippen molar-refractivity contribution in [3.63, 3.8) is 0 Å². The van der Waals surface area contributed by atoms with Gasteiger partial charge in [-0.1, -0.05) is 17.7 Å². The van der Waals surface area contributed by atoms with E-state index >= 15 is 0 Å². The fraction of sp³-hybridized carbons (Fsp3) is 0.0714. The number of hydrogen-bond acceptors (Lipinski definition) is 4. The molecule has 2 aromatic heterocycles. The predicted molar refractivity (Wildman–Crippen MR) is 83.4 cm³/mol. The van der Waals surface area contributed by atoms with Crippen LogP contribution in [-0.2, 0) is 0 Å². The first-order chi connectivity index (χ1) is 10.1. The molecule has 3 aromatic rings. The summed E-state index contributed by atoms with van der Waals surface area (Å²) in [5.41, 5.74) is 1.12. The molecule has 3 rings (SSSR count). The minimum atomic E-state index is -0.287. The number of thiazole rings is 1. The Morgan fingerprint density at radius 2 is 2.24 bits per heavy atom. The molecule has 0 unspecified atom stereocenters. The molecule has 2 heterocycles. The van der Waals surface area contributed by atoms with E-state index in [2.05, 4.69) is 15.4 Å². The highest BCUT2D eigenvalue weighted by Gasteiger charge is 2.12. The third-order valence-corrected chi connectivity index (χ3v) is 3.80. The van der Waals surface area contributed by atoms with Crippen LogP contribution >= 0.6 is 22.9 Å². The second kappa shape index (κ2) is 5.67. The number of nitrogens with zero attached hydrogens (tertiary/aromatic N) is 3. The number of carbonyl (C=O) groups excluding carboxylic acids is 1. The molecule has 1 aromatic carbocycles. The van der Waals surface area contributed by atoms with Crippen LogP contribution in [0.25, 0.3) is 5.69 Å². The number of carbonyl (C=O) groups is 1. The van der Waals surface area contributed by atoms with Gasteiger partial charge in [-0.2, -0.15) is 5.10 Å². The van der Waals surface area contributed by atoms with Crippen molar-refractivity contribution in [2.75, 3.05) is 5.32 Å². The fourth-order valence-corrected chi connectivity index (χ4v) is 2.63. The van der Waals surface area contributed by atoms with Crippen molar-refractivity contribution in [1.82, 2.24) is 14.8 Å². The zero-order chi connectivity index (χ0) is 14.8. The third-order valence-electron chi connectivity index (χ3n) is 2.74. The highest BCUT2D eigenvalue weighted by Crippen LogP contribution is 2.18. The Balaban J connectivity index is 1.80. The van der Waals surface area contributed by atoms with Crippen LogP contribution in [0.5, 0.6) is 0 Å². The lowest BCUT2D eigenvalue weighted by Gasteiger charge is -2.01. The van der Waals surface area contributed by atoms with Crippen LogP contribution in [0.1, 0.15) is 15.4 Å².